The third kappa shape index (κ3) is 3.27. The van der Waals surface area contributed by atoms with Gasteiger partial charge in [0, 0.05) is 11.9 Å². The Morgan fingerprint density at radius 2 is 1.39 bits per heavy atom. The molecule has 0 radical (unpaired) electrons. The smallest absolute Gasteiger partial charge is 0.411 e. The average Bonchev–Trinajstić information content (AvgIpc) is 3.64. The van der Waals surface area contributed by atoms with Gasteiger partial charge in [0.05, 0.1) is 28.1 Å². The molecule has 4 aromatic carbocycles. The third-order valence-electron chi connectivity index (χ3n) is 6.80. The first-order valence-electron chi connectivity index (χ1n) is 12.1. The summed E-state index contributed by atoms with van der Waals surface area (Å²) in [5.41, 5.74) is 8.74. The Hall–Kier alpha value is -4.54. The summed E-state index contributed by atoms with van der Waals surface area (Å²) >= 11 is 0. The van der Waals surface area contributed by atoms with Crippen LogP contribution in [0.4, 0.5) is 0 Å². The van der Waals surface area contributed by atoms with E-state index in [1.807, 2.05) is 65.2 Å². The number of aromatic nitrogens is 6. The van der Waals surface area contributed by atoms with E-state index in [0.717, 1.165) is 61.6 Å². The first-order valence-corrected chi connectivity index (χ1v) is 12.1. The molecule has 8 aromatic rings. The molecule has 4 heterocycles. The van der Waals surface area contributed by atoms with Crippen molar-refractivity contribution in [1.82, 2.24) is 28.5 Å². The van der Waals surface area contributed by atoms with E-state index >= 15 is 0 Å². The Labute approximate surface area is 232 Å². The van der Waals surface area contributed by atoms with Crippen LogP contribution < -0.4 is 0 Å². The van der Waals surface area contributed by atoms with Crippen LogP contribution >= 0.6 is 0 Å². The number of benzene rings is 4. The second-order valence-electron chi connectivity index (χ2n) is 8.91. The van der Waals surface area contributed by atoms with Crippen LogP contribution in [0.15, 0.2) is 109 Å². The maximum absolute atomic E-state index is 5.19. The molecule has 8 rings (SSSR count). The van der Waals surface area contributed by atoms with E-state index in [4.69, 9.17) is 9.97 Å². The van der Waals surface area contributed by atoms with Crippen LogP contribution in [-0.2, 0) is 21.1 Å². The van der Waals surface area contributed by atoms with Crippen LogP contribution in [0.5, 0.6) is 0 Å². The van der Waals surface area contributed by atoms with Crippen molar-refractivity contribution in [3.8, 4) is 22.8 Å². The van der Waals surface area contributed by atoms with E-state index in [1.54, 1.807) is 0 Å². The Balaban J connectivity index is 0.00000242. The second-order valence-corrected chi connectivity index (χ2v) is 8.91. The van der Waals surface area contributed by atoms with Crippen molar-refractivity contribution in [2.75, 3.05) is 0 Å². The molecule has 7 heteroatoms. The van der Waals surface area contributed by atoms with Crippen molar-refractivity contribution in [2.24, 2.45) is 0 Å². The van der Waals surface area contributed by atoms with E-state index in [2.05, 4.69) is 74.9 Å². The number of rotatable bonds is 3. The molecule has 182 valence electrons. The molecule has 0 fully saturated rings. The summed E-state index contributed by atoms with van der Waals surface area (Å²) in [6.07, 6.45) is 3.09. The molecular formula is C31H18N6Pt. The van der Waals surface area contributed by atoms with E-state index < -0.39 is 0 Å². The minimum absolute atomic E-state index is 0. The molecule has 0 saturated carbocycles. The van der Waals surface area contributed by atoms with Crippen LogP contribution in [0.25, 0.3) is 61.6 Å². The first kappa shape index (κ1) is 22.6. The molecule has 0 spiro atoms. The largest absolute Gasteiger partial charge is 2.00 e. The maximum Gasteiger partial charge on any atom is 2.00 e. The molecule has 0 N–H and O–H groups in total. The van der Waals surface area contributed by atoms with Crippen molar-refractivity contribution in [1.29, 1.82) is 0 Å². The van der Waals surface area contributed by atoms with Crippen molar-refractivity contribution < 1.29 is 21.1 Å². The molecule has 0 bridgehead atoms. The maximum atomic E-state index is 5.19. The van der Waals surface area contributed by atoms with Crippen LogP contribution in [-0.4, -0.2) is 28.5 Å². The summed E-state index contributed by atoms with van der Waals surface area (Å²) in [6, 6.07) is 40.0. The van der Waals surface area contributed by atoms with Gasteiger partial charge in [0.1, 0.15) is 5.52 Å². The normalized spacial score (nSPS) is 11.5. The molecule has 38 heavy (non-hydrogen) atoms. The fourth-order valence-corrected chi connectivity index (χ4v) is 5.17. The van der Waals surface area contributed by atoms with Crippen LogP contribution in [0.3, 0.4) is 0 Å². The van der Waals surface area contributed by atoms with E-state index in [0.29, 0.717) is 0 Å². The molecule has 6 nitrogen and oxygen atoms in total. The van der Waals surface area contributed by atoms with E-state index in [1.165, 1.54) is 0 Å². The Kier molecular flexibility index (Phi) is 5.24. The standard InChI is InChI=1S/C31H18N6.Pt/c1-2-10-21(11-3-1)36-26-16-6-7-17-27(26)37-28-18-8-12-22(30(28)34-31(36)37)23-14-9-19-29(33-23)35-20-32-24-13-4-5-15-25(24)35;/h1-10,12-19H;/q-2;+2. The molecule has 0 aliphatic carbocycles. The SMILES string of the molecule is [Pt+2].[c-]1ccccc1-n1c2ccccc2n2c3cccc(-c4cccc(-n5[c-]nc6ccccc65)n4)c3nc12. The fraction of sp³-hybridized carbons (Fsp3) is 0. The van der Waals surface area contributed by atoms with Crippen LogP contribution in [0.2, 0.25) is 0 Å². The predicted molar refractivity (Wildman–Crippen MR) is 145 cm³/mol. The van der Waals surface area contributed by atoms with Gasteiger partial charge in [-0.15, -0.1) is 6.07 Å². The molecule has 0 saturated heterocycles. The van der Waals surface area contributed by atoms with Gasteiger partial charge in [-0.05, 0) is 29.8 Å². The number of hydrogen-bond donors (Lipinski definition) is 0. The number of para-hydroxylation sites is 6. The van der Waals surface area contributed by atoms with Crippen LogP contribution in [0.1, 0.15) is 0 Å². The number of nitrogens with zero attached hydrogens (tertiary/aromatic N) is 6. The number of imidazole rings is 3. The average molecular weight is 670 g/mol. The summed E-state index contributed by atoms with van der Waals surface area (Å²) in [6.45, 7) is 0. The Morgan fingerprint density at radius 3 is 2.26 bits per heavy atom. The summed E-state index contributed by atoms with van der Waals surface area (Å²) in [5.74, 6) is 1.61. The minimum Gasteiger partial charge on any atom is -0.411 e. The Bertz CT molecular complexity index is 2100. The second kappa shape index (κ2) is 8.79. The Morgan fingerprint density at radius 1 is 0.632 bits per heavy atom. The van der Waals surface area contributed by atoms with Crippen molar-refractivity contribution >= 4 is 38.9 Å². The molecule has 0 aliphatic rings. The van der Waals surface area contributed by atoms with Gasteiger partial charge in [-0.3, -0.25) is 9.38 Å². The molecule has 0 atom stereocenters. The summed E-state index contributed by atoms with van der Waals surface area (Å²) in [7, 11) is 0. The van der Waals surface area contributed by atoms with Gasteiger partial charge in [0.25, 0.3) is 0 Å². The zero-order valence-corrected chi connectivity index (χ0v) is 22.2. The van der Waals surface area contributed by atoms with Crippen molar-refractivity contribution in [3.63, 3.8) is 0 Å². The van der Waals surface area contributed by atoms with Gasteiger partial charge in [-0.2, -0.15) is 24.3 Å². The minimum atomic E-state index is 0. The number of pyridine rings is 1. The molecule has 0 amide bonds. The van der Waals surface area contributed by atoms with Gasteiger partial charge in [0.2, 0.25) is 5.78 Å². The van der Waals surface area contributed by atoms with E-state index in [-0.39, 0.29) is 21.1 Å². The molecular weight excluding hydrogens is 651 g/mol. The first-order chi connectivity index (χ1) is 18.4. The molecule has 0 unspecified atom stereocenters. The molecule has 4 aromatic heterocycles. The van der Waals surface area contributed by atoms with Gasteiger partial charge in [0.15, 0.2) is 0 Å². The summed E-state index contributed by atoms with van der Waals surface area (Å²) in [5, 5.41) is 0. The fourth-order valence-electron chi connectivity index (χ4n) is 5.17. The summed E-state index contributed by atoms with van der Waals surface area (Å²) in [4.78, 5) is 14.6. The number of fused-ring (bicyclic) bond motifs is 6. The van der Waals surface area contributed by atoms with Crippen LogP contribution in [0, 0.1) is 12.4 Å². The van der Waals surface area contributed by atoms with Crippen molar-refractivity contribution in [2.45, 2.75) is 0 Å². The quantitative estimate of drug-likeness (QED) is 0.204. The zero-order chi connectivity index (χ0) is 24.3. The zero-order valence-electron chi connectivity index (χ0n) is 19.9. The predicted octanol–water partition coefficient (Wildman–Crippen LogP) is 6.43. The topological polar surface area (TPSA) is 52.9 Å². The van der Waals surface area contributed by atoms with Gasteiger partial charge >= 0.3 is 21.1 Å². The monoisotopic (exact) mass is 669 g/mol. The third-order valence-corrected chi connectivity index (χ3v) is 6.80. The van der Waals surface area contributed by atoms with Gasteiger partial charge < -0.3 is 14.1 Å². The van der Waals surface area contributed by atoms with Crippen molar-refractivity contribution in [3.05, 3.63) is 122 Å². The van der Waals surface area contributed by atoms with Gasteiger partial charge in [-0.1, -0.05) is 71.9 Å². The van der Waals surface area contributed by atoms with E-state index in [9.17, 15) is 0 Å². The summed E-state index contributed by atoms with van der Waals surface area (Å²) < 4.78 is 6.28. The van der Waals surface area contributed by atoms with Gasteiger partial charge in [-0.25, -0.2) is 4.98 Å². The number of hydrogen-bond acceptors (Lipinski definition) is 3. The molecule has 0 aliphatic heterocycles.